The van der Waals surface area contributed by atoms with E-state index in [9.17, 15) is 4.79 Å². The molecule has 2 aromatic rings. The van der Waals surface area contributed by atoms with Crippen molar-refractivity contribution in [1.82, 2.24) is 14.9 Å². The summed E-state index contributed by atoms with van der Waals surface area (Å²) in [4.78, 5) is 11.9. The van der Waals surface area contributed by atoms with Crippen molar-refractivity contribution in [3.05, 3.63) is 29.8 Å². The van der Waals surface area contributed by atoms with Gasteiger partial charge in [-0.2, -0.15) is 5.10 Å². The molecular weight excluding hydrogens is 208 g/mol. The lowest BCUT2D eigenvalue weighted by atomic mass is 10.3. The summed E-state index contributed by atoms with van der Waals surface area (Å²) in [5.41, 5.74) is 1.33. The van der Waals surface area contributed by atoms with Crippen LogP contribution in [-0.4, -0.2) is 20.8 Å². The summed E-state index contributed by atoms with van der Waals surface area (Å²) in [5, 5.41) is 10.4. The molecule has 0 aromatic carbocycles. The van der Waals surface area contributed by atoms with E-state index in [0.717, 1.165) is 5.69 Å². The highest BCUT2D eigenvalue weighted by Crippen LogP contribution is 2.08. The van der Waals surface area contributed by atoms with E-state index in [-0.39, 0.29) is 5.91 Å². The Labute approximate surface area is 92.2 Å². The van der Waals surface area contributed by atoms with Crippen LogP contribution in [-0.2, 0) is 6.54 Å². The van der Waals surface area contributed by atoms with Crippen LogP contribution in [0.2, 0.25) is 0 Å². The standard InChI is InChI=1S/C10H12N4O2/c1-3-14-8(6-7(2)12-14)10(15)11-9-4-5-16-13-9/h4-6H,3H2,1-2H3,(H,11,13,15). The molecule has 2 heterocycles. The predicted octanol–water partition coefficient (Wildman–Crippen LogP) is 1.45. The fourth-order valence-corrected chi connectivity index (χ4v) is 1.43. The molecule has 16 heavy (non-hydrogen) atoms. The SMILES string of the molecule is CCn1nc(C)cc1C(=O)Nc1ccon1. The van der Waals surface area contributed by atoms with Crippen molar-refractivity contribution in [2.24, 2.45) is 0 Å². The molecule has 0 fully saturated rings. The van der Waals surface area contributed by atoms with E-state index in [1.54, 1.807) is 16.8 Å². The van der Waals surface area contributed by atoms with E-state index in [0.29, 0.717) is 18.1 Å². The number of nitrogens with one attached hydrogen (secondary N) is 1. The van der Waals surface area contributed by atoms with Gasteiger partial charge in [-0.3, -0.25) is 9.48 Å². The van der Waals surface area contributed by atoms with Crippen molar-refractivity contribution >= 4 is 11.7 Å². The van der Waals surface area contributed by atoms with Crippen molar-refractivity contribution in [3.8, 4) is 0 Å². The van der Waals surface area contributed by atoms with E-state index in [4.69, 9.17) is 0 Å². The second-order valence-corrected chi connectivity index (χ2v) is 3.33. The number of carbonyl (C=O) groups excluding carboxylic acids is 1. The van der Waals surface area contributed by atoms with E-state index < -0.39 is 0 Å². The Morgan fingerprint density at radius 2 is 2.44 bits per heavy atom. The van der Waals surface area contributed by atoms with Crippen LogP contribution in [0.25, 0.3) is 0 Å². The van der Waals surface area contributed by atoms with Crippen LogP contribution in [0.1, 0.15) is 23.1 Å². The van der Waals surface area contributed by atoms with Crippen LogP contribution in [0.4, 0.5) is 5.82 Å². The number of aromatic nitrogens is 3. The van der Waals surface area contributed by atoms with Crippen molar-refractivity contribution in [3.63, 3.8) is 0 Å². The summed E-state index contributed by atoms with van der Waals surface area (Å²) < 4.78 is 6.27. The summed E-state index contributed by atoms with van der Waals surface area (Å²) in [6, 6.07) is 3.32. The zero-order chi connectivity index (χ0) is 11.5. The van der Waals surface area contributed by atoms with Crippen molar-refractivity contribution in [1.29, 1.82) is 0 Å². The Morgan fingerprint density at radius 3 is 3.06 bits per heavy atom. The Balaban J connectivity index is 2.20. The molecule has 0 aliphatic carbocycles. The van der Waals surface area contributed by atoms with Crippen LogP contribution in [0.5, 0.6) is 0 Å². The maximum atomic E-state index is 11.9. The largest absolute Gasteiger partial charge is 0.363 e. The van der Waals surface area contributed by atoms with Crippen molar-refractivity contribution in [2.75, 3.05) is 5.32 Å². The highest BCUT2D eigenvalue weighted by atomic mass is 16.5. The van der Waals surface area contributed by atoms with E-state index in [2.05, 4.69) is 20.1 Å². The Hall–Kier alpha value is -2.11. The Morgan fingerprint density at radius 1 is 1.62 bits per heavy atom. The molecule has 0 aliphatic rings. The molecule has 6 heteroatoms. The van der Waals surface area contributed by atoms with Gasteiger partial charge in [-0.25, -0.2) is 0 Å². The van der Waals surface area contributed by atoms with Crippen LogP contribution < -0.4 is 5.32 Å². The zero-order valence-corrected chi connectivity index (χ0v) is 9.10. The predicted molar refractivity (Wildman–Crippen MR) is 57.1 cm³/mol. The van der Waals surface area contributed by atoms with Gasteiger partial charge in [-0.05, 0) is 19.9 Å². The molecule has 0 spiro atoms. The van der Waals surface area contributed by atoms with E-state index in [1.165, 1.54) is 6.26 Å². The number of anilines is 1. The smallest absolute Gasteiger partial charge is 0.275 e. The number of amides is 1. The van der Waals surface area contributed by atoms with Gasteiger partial charge in [-0.15, -0.1) is 0 Å². The summed E-state index contributed by atoms with van der Waals surface area (Å²) in [6.07, 6.45) is 1.40. The van der Waals surface area contributed by atoms with E-state index >= 15 is 0 Å². The zero-order valence-electron chi connectivity index (χ0n) is 9.10. The number of carbonyl (C=O) groups is 1. The number of rotatable bonds is 3. The molecule has 84 valence electrons. The number of hydrogen-bond donors (Lipinski definition) is 1. The van der Waals surface area contributed by atoms with E-state index in [1.807, 2.05) is 13.8 Å². The monoisotopic (exact) mass is 220 g/mol. The third kappa shape index (κ3) is 1.95. The van der Waals surface area contributed by atoms with Gasteiger partial charge in [0.05, 0.1) is 5.69 Å². The first-order valence-electron chi connectivity index (χ1n) is 4.97. The van der Waals surface area contributed by atoms with Gasteiger partial charge in [0.25, 0.3) is 5.91 Å². The fourth-order valence-electron chi connectivity index (χ4n) is 1.43. The second-order valence-electron chi connectivity index (χ2n) is 3.33. The number of hydrogen-bond acceptors (Lipinski definition) is 4. The minimum Gasteiger partial charge on any atom is -0.363 e. The van der Waals surface area contributed by atoms with Crippen LogP contribution in [0.15, 0.2) is 22.9 Å². The molecule has 0 atom stereocenters. The molecule has 0 radical (unpaired) electrons. The quantitative estimate of drug-likeness (QED) is 0.849. The molecule has 2 rings (SSSR count). The highest BCUT2D eigenvalue weighted by molar-refractivity contribution is 6.02. The lowest BCUT2D eigenvalue weighted by molar-refractivity contribution is 0.101. The molecule has 0 unspecified atom stereocenters. The van der Waals surface area contributed by atoms with Gasteiger partial charge in [-0.1, -0.05) is 5.16 Å². The maximum absolute atomic E-state index is 11.9. The highest BCUT2D eigenvalue weighted by Gasteiger charge is 2.13. The maximum Gasteiger partial charge on any atom is 0.275 e. The summed E-state index contributed by atoms with van der Waals surface area (Å²) in [6.45, 7) is 4.42. The first kappa shape index (κ1) is 10.4. The van der Waals surface area contributed by atoms with Crippen LogP contribution >= 0.6 is 0 Å². The van der Waals surface area contributed by atoms with Gasteiger partial charge >= 0.3 is 0 Å². The van der Waals surface area contributed by atoms with Crippen LogP contribution in [0.3, 0.4) is 0 Å². The van der Waals surface area contributed by atoms with Gasteiger partial charge in [0.2, 0.25) is 0 Å². The lowest BCUT2D eigenvalue weighted by Crippen LogP contribution is -2.17. The molecule has 0 saturated carbocycles. The third-order valence-electron chi connectivity index (χ3n) is 2.11. The summed E-state index contributed by atoms with van der Waals surface area (Å²) in [7, 11) is 0. The van der Waals surface area contributed by atoms with Gasteiger partial charge in [0, 0.05) is 12.6 Å². The number of aryl methyl sites for hydroxylation is 2. The summed E-state index contributed by atoms with van der Waals surface area (Å²) in [5.74, 6) is 0.155. The van der Waals surface area contributed by atoms with Gasteiger partial charge in [0.1, 0.15) is 12.0 Å². The van der Waals surface area contributed by atoms with Crippen molar-refractivity contribution < 1.29 is 9.32 Å². The molecule has 0 aliphatic heterocycles. The lowest BCUT2D eigenvalue weighted by Gasteiger charge is -2.03. The van der Waals surface area contributed by atoms with Crippen LogP contribution in [0, 0.1) is 6.92 Å². The average molecular weight is 220 g/mol. The van der Waals surface area contributed by atoms with Crippen molar-refractivity contribution in [2.45, 2.75) is 20.4 Å². The minimum absolute atomic E-state index is 0.239. The fraction of sp³-hybridized carbons (Fsp3) is 0.300. The molecular formula is C10H12N4O2. The average Bonchev–Trinajstić information content (AvgIpc) is 2.86. The minimum atomic E-state index is -0.239. The Bertz CT molecular complexity index is 487. The second kappa shape index (κ2) is 4.18. The normalized spacial score (nSPS) is 10.4. The first-order valence-corrected chi connectivity index (χ1v) is 4.97. The van der Waals surface area contributed by atoms with Gasteiger partial charge in [0.15, 0.2) is 5.82 Å². The topological polar surface area (TPSA) is 73.0 Å². The number of nitrogens with zero attached hydrogens (tertiary/aromatic N) is 3. The third-order valence-corrected chi connectivity index (χ3v) is 2.11. The molecule has 1 amide bonds. The first-order chi connectivity index (χ1) is 7.70. The molecule has 1 N–H and O–H groups in total. The molecule has 2 aromatic heterocycles. The molecule has 6 nitrogen and oxygen atoms in total. The van der Waals surface area contributed by atoms with Gasteiger partial charge < -0.3 is 9.84 Å². The molecule has 0 saturated heterocycles. The Kier molecular flexibility index (Phi) is 2.72. The summed E-state index contributed by atoms with van der Waals surface area (Å²) >= 11 is 0. The molecule has 0 bridgehead atoms.